The second-order valence-electron chi connectivity index (χ2n) is 5.59. The molecule has 3 aromatic carbocycles. The van der Waals surface area contributed by atoms with Crippen LogP contribution < -0.4 is 5.73 Å². The van der Waals surface area contributed by atoms with Gasteiger partial charge in [0.05, 0.1) is 6.04 Å². The summed E-state index contributed by atoms with van der Waals surface area (Å²) in [6.45, 7) is 4.31. The van der Waals surface area contributed by atoms with Crippen LogP contribution in [0.15, 0.2) is 60.7 Å². The van der Waals surface area contributed by atoms with Crippen LogP contribution in [-0.2, 0) is 6.42 Å². The molecule has 1 nitrogen and oxygen atoms in total. The Labute approximate surface area is 126 Å². The number of fused-ring (bicyclic) bond motifs is 1. The molecule has 1 atom stereocenters. The molecule has 0 aliphatic carbocycles. The Kier molecular flexibility index (Phi) is 3.76. The second-order valence-corrected chi connectivity index (χ2v) is 5.59. The van der Waals surface area contributed by atoms with Crippen LogP contribution in [0.3, 0.4) is 0 Å². The van der Waals surface area contributed by atoms with Gasteiger partial charge in [-0.2, -0.15) is 0 Å². The minimum Gasteiger partial charge on any atom is -0.320 e. The van der Waals surface area contributed by atoms with E-state index in [-0.39, 0.29) is 6.04 Å². The van der Waals surface area contributed by atoms with Gasteiger partial charge in [-0.05, 0) is 46.4 Å². The van der Waals surface area contributed by atoms with Crippen molar-refractivity contribution in [1.29, 1.82) is 0 Å². The molecule has 0 spiro atoms. The molecule has 3 rings (SSSR count). The van der Waals surface area contributed by atoms with Gasteiger partial charge in [0.2, 0.25) is 0 Å². The largest absolute Gasteiger partial charge is 0.320 e. The SMILES string of the molecule is CCc1ccc(C(N)c2c(C)ccc3ccccc23)cc1. The van der Waals surface area contributed by atoms with Crippen LogP contribution in [0.4, 0.5) is 0 Å². The van der Waals surface area contributed by atoms with Gasteiger partial charge >= 0.3 is 0 Å². The predicted molar refractivity (Wildman–Crippen MR) is 90.5 cm³/mol. The van der Waals surface area contributed by atoms with Crippen molar-refractivity contribution in [2.75, 3.05) is 0 Å². The predicted octanol–water partition coefficient (Wildman–Crippen LogP) is 4.76. The topological polar surface area (TPSA) is 26.0 Å². The van der Waals surface area contributed by atoms with Crippen molar-refractivity contribution >= 4 is 10.8 Å². The van der Waals surface area contributed by atoms with Crippen molar-refractivity contribution in [2.45, 2.75) is 26.3 Å². The number of benzene rings is 3. The molecule has 0 saturated heterocycles. The minimum absolute atomic E-state index is 0.0815. The molecule has 0 fully saturated rings. The first kappa shape index (κ1) is 13.8. The fourth-order valence-corrected chi connectivity index (χ4v) is 2.94. The lowest BCUT2D eigenvalue weighted by Crippen LogP contribution is -2.14. The molecule has 0 aliphatic heterocycles. The molecule has 106 valence electrons. The molecule has 1 heteroatoms. The maximum Gasteiger partial charge on any atom is 0.0560 e. The Morgan fingerprint density at radius 3 is 2.33 bits per heavy atom. The van der Waals surface area contributed by atoms with Crippen LogP contribution in [0.5, 0.6) is 0 Å². The molecule has 0 saturated carbocycles. The molecule has 0 bridgehead atoms. The highest BCUT2D eigenvalue weighted by molar-refractivity contribution is 5.87. The van der Waals surface area contributed by atoms with E-state index in [0.717, 1.165) is 6.42 Å². The first-order valence-electron chi connectivity index (χ1n) is 7.53. The van der Waals surface area contributed by atoms with E-state index in [0.29, 0.717) is 0 Å². The van der Waals surface area contributed by atoms with E-state index in [1.54, 1.807) is 0 Å². The lowest BCUT2D eigenvalue weighted by atomic mass is 9.90. The van der Waals surface area contributed by atoms with Crippen LogP contribution in [0, 0.1) is 6.92 Å². The zero-order valence-electron chi connectivity index (χ0n) is 12.6. The standard InChI is InChI=1S/C20H21N/c1-3-15-9-12-17(13-10-15)20(21)19-14(2)8-11-16-6-4-5-7-18(16)19/h4-13,20H,3,21H2,1-2H3. The van der Waals surface area contributed by atoms with E-state index in [2.05, 4.69) is 74.5 Å². The van der Waals surface area contributed by atoms with Crippen LogP contribution >= 0.6 is 0 Å². The van der Waals surface area contributed by atoms with Crippen molar-refractivity contribution in [3.8, 4) is 0 Å². The molecule has 0 aromatic heterocycles. The van der Waals surface area contributed by atoms with Gasteiger partial charge in [0.15, 0.2) is 0 Å². The van der Waals surface area contributed by atoms with Crippen LogP contribution in [-0.4, -0.2) is 0 Å². The van der Waals surface area contributed by atoms with E-state index < -0.39 is 0 Å². The van der Waals surface area contributed by atoms with Crippen molar-refractivity contribution in [1.82, 2.24) is 0 Å². The Morgan fingerprint density at radius 2 is 1.62 bits per heavy atom. The summed E-state index contributed by atoms with van der Waals surface area (Å²) in [6.07, 6.45) is 1.06. The molecule has 0 aliphatic rings. The highest BCUT2D eigenvalue weighted by Crippen LogP contribution is 2.30. The molecule has 1 unspecified atom stereocenters. The molecular formula is C20H21N. The van der Waals surface area contributed by atoms with E-state index in [9.17, 15) is 0 Å². The Morgan fingerprint density at radius 1 is 0.905 bits per heavy atom. The molecule has 21 heavy (non-hydrogen) atoms. The van der Waals surface area contributed by atoms with E-state index in [1.807, 2.05) is 0 Å². The molecule has 2 N–H and O–H groups in total. The van der Waals surface area contributed by atoms with Gasteiger partial charge in [-0.25, -0.2) is 0 Å². The summed E-state index contributed by atoms with van der Waals surface area (Å²) in [6, 6.07) is 21.4. The first-order chi connectivity index (χ1) is 10.2. The van der Waals surface area contributed by atoms with E-state index >= 15 is 0 Å². The third kappa shape index (κ3) is 2.57. The molecule has 0 amide bonds. The fraction of sp³-hybridized carbons (Fsp3) is 0.200. The number of hydrogen-bond donors (Lipinski definition) is 1. The van der Waals surface area contributed by atoms with Gasteiger partial charge in [0.1, 0.15) is 0 Å². The summed E-state index contributed by atoms with van der Waals surface area (Å²) < 4.78 is 0. The van der Waals surface area contributed by atoms with Crippen LogP contribution in [0.25, 0.3) is 10.8 Å². The first-order valence-corrected chi connectivity index (χ1v) is 7.53. The van der Waals surface area contributed by atoms with Gasteiger partial charge in [-0.15, -0.1) is 0 Å². The summed E-state index contributed by atoms with van der Waals surface area (Å²) >= 11 is 0. The van der Waals surface area contributed by atoms with Gasteiger partial charge in [-0.1, -0.05) is 67.6 Å². The van der Waals surface area contributed by atoms with Crippen LogP contribution in [0.1, 0.15) is 35.2 Å². The van der Waals surface area contributed by atoms with Crippen LogP contribution in [0.2, 0.25) is 0 Å². The lowest BCUT2D eigenvalue weighted by molar-refractivity contribution is 0.869. The van der Waals surface area contributed by atoms with E-state index in [1.165, 1.54) is 33.0 Å². The number of hydrogen-bond acceptors (Lipinski definition) is 1. The molecule has 0 heterocycles. The molecule has 0 radical (unpaired) electrons. The van der Waals surface area contributed by atoms with Gasteiger partial charge in [0.25, 0.3) is 0 Å². The number of nitrogens with two attached hydrogens (primary N) is 1. The smallest absolute Gasteiger partial charge is 0.0560 e. The van der Waals surface area contributed by atoms with E-state index in [4.69, 9.17) is 5.73 Å². The summed E-state index contributed by atoms with van der Waals surface area (Å²) in [5.41, 5.74) is 11.6. The highest BCUT2D eigenvalue weighted by atomic mass is 14.6. The zero-order chi connectivity index (χ0) is 14.8. The Hall–Kier alpha value is -2.12. The monoisotopic (exact) mass is 275 g/mol. The third-order valence-electron chi connectivity index (χ3n) is 4.25. The summed E-state index contributed by atoms with van der Waals surface area (Å²) in [7, 11) is 0. The molecule has 3 aromatic rings. The number of rotatable bonds is 3. The number of aryl methyl sites for hydroxylation is 2. The quantitative estimate of drug-likeness (QED) is 0.733. The zero-order valence-corrected chi connectivity index (χ0v) is 12.6. The van der Waals surface area contributed by atoms with Crippen molar-refractivity contribution in [2.24, 2.45) is 5.73 Å². The Bertz CT molecular complexity index is 756. The third-order valence-corrected chi connectivity index (χ3v) is 4.25. The average Bonchev–Trinajstić information content (AvgIpc) is 2.54. The summed E-state index contributed by atoms with van der Waals surface area (Å²) in [5, 5.41) is 2.50. The van der Waals surface area contributed by atoms with Gasteiger partial charge in [-0.3, -0.25) is 0 Å². The van der Waals surface area contributed by atoms with Gasteiger partial charge < -0.3 is 5.73 Å². The maximum absolute atomic E-state index is 6.57. The fourth-order valence-electron chi connectivity index (χ4n) is 2.94. The van der Waals surface area contributed by atoms with Gasteiger partial charge in [0, 0.05) is 0 Å². The summed E-state index contributed by atoms with van der Waals surface area (Å²) in [5.74, 6) is 0. The maximum atomic E-state index is 6.57. The highest BCUT2D eigenvalue weighted by Gasteiger charge is 2.14. The van der Waals surface area contributed by atoms with Crippen molar-refractivity contribution in [3.63, 3.8) is 0 Å². The normalized spacial score (nSPS) is 12.5. The average molecular weight is 275 g/mol. The van der Waals surface area contributed by atoms with Crippen molar-refractivity contribution < 1.29 is 0 Å². The van der Waals surface area contributed by atoms with Crippen molar-refractivity contribution in [3.05, 3.63) is 82.9 Å². The second kappa shape index (κ2) is 5.71. The Balaban J connectivity index is 2.12. The summed E-state index contributed by atoms with van der Waals surface area (Å²) in [4.78, 5) is 0. The molecular weight excluding hydrogens is 254 g/mol. The lowest BCUT2D eigenvalue weighted by Gasteiger charge is -2.18. The minimum atomic E-state index is -0.0815.